The molecule has 8 nitrogen and oxygen atoms in total. The molecule has 0 unspecified atom stereocenters. The van der Waals surface area contributed by atoms with Crippen molar-refractivity contribution in [2.75, 3.05) is 12.8 Å². The van der Waals surface area contributed by atoms with Crippen molar-refractivity contribution in [3.8, 4) is 16.9 Å². The third-order valence-corrected chi connectivity index (χ3v) is 3.47. The maximum atomic E-state index is 13.0. The Labute approximate surface area is 142 Å². The summed E-state index contributed by atoms with van der Waals surface area (Å²) in [6, 6.07) is 2.04. The summed E-state index contributed by atoms with van der Waals surface area (Å²) in [5, 5.41) is 18.6. The van der Waals surface area contributed by atoms with Gasteiger partial charge in [0.2, 0.25) is 0 Å². The van der Waals surface area contributed by atoms with Crippen molar-refractivity contribution >= 4 is 17.8 Å². The number of nitrogen functional groups attached to an aromatic ring is 1. The van der Waals surface area contributed by atoms with Crippen molar-refractivity contribution in [3.05, 3.63) is 45.2 Å². The average Bonchev–Trinajstić information content (AvgIpc) is 2.51. The molecule has 0 fully saturated rings. The van der Waals surface area contributed by atoms with Crippen LogP contribution in [-0.4, -0.2) is 34.2 Å². The van der Waals surface area contributed by atoms with Gasteiger partial charge in [0.05, 0.1) is 12.7 Å². The van der Waals surface area contributed by atoms with E-state index in [1.807, 2.05) is 4.98 Å². The molecule has 26 heavy (non-hydrogen) atoms. The highest BCUT2D eigenvalue weighted by molar-refractivity contribution is 6.08. The number of methoxy groups -OCH3 is 1. The minimum atomic E-state index is -4.81. The van der Waals surface area contributed by atoms with E-state index in [0.29, 0.717) is 12.1 Å². The fourth-order valence-electron chi connectivity index (χ4n) is 2.40. The van der Waals surface area contributed by atoms with Crippen LogP contribution in [0.25, 0.3) is 11.1 Å². The molecule has 0 bridgehead atoms. The molecule has 2 aromatic rings. The summed E-state index contributed by atoms with van der Waals surface area (Å²) >= 11 is 0. The number of hydrogen-bond donors (Lipinski definition) is 4. The minimum Gasteiger partial charge on any atom is -0.496 e. The van der Waals surface area contributed by atoms with Gasteiger partial charge in [-0.15, -0.1) is 0 Å². The van der Waals surface area contributed by atoms with Crippen molar-refractivity contribution in [2.24, 2.45) is 0 Å². The highest BCUT2D eigenvalue weighted by Crippen LogP contribution is 2.40. The van der Waals surface area contributed by atoms with E-state index in [1.165, 1.54) is 0 Å². The highest BCUT2D eigenvalue weighted by Gasteiger charge is 2.34. The van der Waals surface area contributed by atoms with Gasteiger partial charge < -0.3 is 25.7 Å². The lowest BCUT2D eigenvalue weighted by atomic mass is 9.93. The maximum absolute atomic E-state index is 13.0. The Kier molecular flexibility index (Phi) is 4.65. The van der Waals surface area contributed by atoms with Gasteiger partial charge in [-0.05, 0) is 18.2 Å². The van der Waals surface area contributed by atoms with Crippen molar-refractivity contribution in [1.82, 2.24) is 4.98 Å². The first kappa shape index (κ1) is 18.8. The zero-order valence-corrected chi connectivity index (χ0v) is 13.0. The second-order valence-corrected chi connectivity index (χ2v) is 5.02. The van der Waals surface area contributed by atoms with E-state index in [2.05, 4.69) is 0 Å². The first-order valence-electron chi connectivity index (χ1n) is 6.77. The monoisotopic (exact) mass is 372 g/mol. The quantitative estimate of drug-likeness (QED) is 0.643. The van der Waals surface area contributed by atoms with Crippen LogP contribution in [0.1, 0.15) is 26.3 Å². The number of aromatic nitrogens is 1. The number of halogens is 3. The number of carbonyl (C=O) groups is 2. The molecule has 1 heterocycles. The average molecular weight is 372 g/mol. The summed E-state index contributed by atoms with van der Waals surface area (Å²) in [7, 11) is 1.09. The van der Waals surface area contributed by atoms with Gasteiger partial charge in [-0.1, -0.05) is 0 Å². The van der Waals surface area contributed by atoms with E-state index in [4.69, 9.17) is 10.5 Å². The molecule has 0 saturated heterocycles. The number of rotatable bonds is 4. The molecule has 0 aliphatic rings. The first-order valence-corrected chi connectivity index (χ1v) is 6.77. The third-order valence-electron chi connectivity index (χ3n) is 3.47. The van der Waals surface area contributed by atoms with Crippen LogP contribution in [0.4, 0.5) is 19.0 Å². The highest BCUT2D eigenvalue weighted by atomic mass is 19.4. The number of carboxylic acid groups (broad SMARTS) is 2. The van der Waals surface area contributed by atoms with E-state index < -0.39 is 57.3 Å². The number of hydrogen-bond acceptors (Lipinski definition) is 5. The van der Waals surface area contributed by atoms with Gasteiger partial charge in [0.25, 0.3) is 5.56 Å². The molecular weight excluding hydrogens is 361 g/mol. The molecule has 1 aromatic carbocycles. The van der Waals surface area contributed by atoms with E-state index >= 15 is 0 Å². The molecule has 1 aromatic heterocycles. The van der Waals surface area contributed by atoms with Gasteiger partial charge in [-0.25, -0.2) is 9.59 Å². The number of H-pyrrole nitrogens is 1. The van der Waals surface area contributed by atoms with E-state index in [1.54, 1.807) is 0 Å². The van der Waals surface area contributed by atoms with Gasteiger partial charge in [-0.3, -0.25) is 4.79 Å². The predicted molar refractivity (Wildman–Crippen MR) is 82.4 cm³/mol. The molecule has 5 N–H and O–H groups in total. The SMILES string of the molecule is COc1ccc(C(F)(F)F)cc1-c1c(C(=O)O)c(N)[nH]c(=O)c1C(=O)O. The van der Waals surface area contributed by atoms with Crippen molar-refractivity contribution < 1.29 is 37.7 Å². The summed E-state index contributed by atoms with van der Waals surface area (Å²) in [4.78, 5) is 36.8. The van der Waals surface area contributed by atoms with Crippen LogP contribution in [0.2, 0.25) is 0 Å². The molecule has 0 saturated carbocycles. The number of nitrogens with two attached hydrogens (primary N) is 1. The molecule has 0 aliphatic carbocycles. The zero-order chi connectivity index (χ0) is 19.8. The molecule has 0 spiro atoms. The Morgan fingerprint density at radius 2 is 1.73 bits per heavy atom. The topological polar surface area (TPSA) is 143 Å². The number of aromatic amines is 1. The Bertz CT molecular complexity index is 965. The van der Waals surface area contributed by atoms with E-state index in [0.717, 1.165) is 13.2 Å². The summed E-state index contributed by atoms with van der Waals surface area (Å²) < 4.78 is 44.0. The normalized spacial score (nSPS) is 11.2. The summed E-state index contributed by atoms with van der Waals surface area (Å²) in [6.07, 6.45) is -4.81. The number of pyridine rings is 1. The van der Waals surface area contributed by atoms with Crippen LogP contribution in [0, 0.1) is 0 Å². The number of ether oxygens (including phenoxy) is 1. The van der Waals surface area contributed by atoms with Gasteiger partial charge in [-0.2, -0.15) is 13.2 Å². The van der Waals surface area contributed by atoms with E-state index in [-0.39, 0.29) is 5.75 Å². The fraction of sp³-hybridized carbons (Fsp3) is 0.133. The Morgan fingerprint density at radius 3 is 2.19 bits per heavy atom. The van der Waals surface area contributed by atoms with Crippen LogP contribution in [-0.2, 0) is 6.18 Å². The summed E-state index contributed by atoms with van der Waals surface area (Å²) in [5.74, 6) is -4.56. The van der Waals surface area contributed by atoms with Gasteiger partial charge >= 0.3 is 18.1 Å². The lowest BCUT2D eigenvalue weighted by Gasteiger charge is -2.17. The Morgan fingerprint density at radius 1 is 1.15 bits per heavy atom. The summed E-state index contributed by atoms with van der Waals surface area (Å²) in [5.41, 5.74) is -0.277. The van der Waals surface area contributed by atoms with Crippen molar-refractivity contribution in [3.63, 3.8) is 0 Å². The number of nitrogens with one attached hydrogen (secondary N) is 1. The van der Waals surface area contributed by atoms with E-state index in [9.17, 15) is 37.8 Å². The standard InChI is InChI=1S/C15H11F3N2O6/c1-26-7-3-2-5(15(16,17)18)4-6(7)8-9(13(22)23)11(19)20-12(21)10(8)14(24)25/h2-4H,1H3,(H,22,23)(H,24,25)(H3,19,20,21). The lowest BCUT2D eigenvalue weighted by molar-refractivity contribution is -0.137. The zero-order valence-electron chi connectivity index (χ0n) is 13.0. The number of anilines is 1. The van der Waals surface area contributed by atoms with Crippen LogP contribution in [0.5, 0.6) is 5.75 Å². The number of benzene rings is 1. The fourth-order valence-corrected chi connectivity index (χ4v) is 2.40. The van der Waals surface area contributed by atoms with Crippen molar-refractivity contribution in [2.45, 2.75) is 6.18 Å². The largest absolute Gasteiger partial charge is 0.496 e. The number of aromatic carboxylic acids is 2. The van der Waals surface area contributed by atoms with Crippen LogP contribution < -0.4 is 16.0 Å². The first-order chi connectivity index (χ1) is 12.0. The summed E-state index contributed by atoms with van der Waals surface area (Å²) in [6.45, 7) is 0. The van der Waals surface area contributed by atoms with Gasteiger partial charge in [0.1, 0.15) is 22.7 Å². The molecule has 2 rings (SSSR count). The lowest BCUT2D eigenvalue weighted by Crippen LogP contribution is -2.24. The molecule has 138 valence electrons. The molecule has 0 aliphatic heterocycles. The van der Waals surface area contributed by atoms with Crippen LogP contribution in [0.3, 0.4) is 0 Å². The number of carboxylic acids is 2. The number of alkyl halides is 3. The smallest absolute Gasteiger partial charge is 0.416 e. The molecule has 0 radical (unpaired) electrons. The van der Waals surface area contributed by atoms with Gasteiger partial charge in [0.15, 0.2) is 0 Å². The second kappa shape index (κ2) is 6.43. The van der Waals surface area contributed by atoms with Crippen molar-refractivity contribution in [1.29, 1.82) is 0 Å². The molecule has 0 amide bonds. The second-order valence-electron chi connectivity index (χ2n) is 5.02. The van der Waals surface area contributed by atoms with Gasteiger partial charge in [0, 0.05) is 11.1 Å². The van der Waals surface area contributed by atoms with Crippen LogP contribution in [0.15, 0.2) is 23.0 Å². The molecule has 11 heteroatoms. The third kappa shape index (κ3) is 3.18. The predicted octanol–water partition coefficient (Wildman–Crippen LogP) is 2.05. The molecule has 0 atom stereocenters. The minimum absolute atomic E-state index is 0.270. The van der Waals surface area contributed by atoms with Crippen LogP contribution >= 0.6 is 0 Å². The maximum Gasteiger partial charge on any atom is 0.416 e. The Balaban J connectivity index is 3.06. The molecular formula is C15H11F3N2O6. The Hall–Kier alpha value is -3.50.